The summed E-state index contributed by atoms with van der Waals surface area (Å²) in [5.74, 6) is -1.83. The first-order valence-corrected chi connectivity index (χ1v) is 7.45. The van der Waals surface area contributed by atoms with Gasteiger partial charge in [0.05, 0.1) is 11.3 Å². The number of phenolic OH excluding ortho intramolecular Hbond substituents is 2. The van der Waals surface area contributed by atoms with Gasteiger partial charge in [-0.25, -0.2) is 4.98 Å². The van der Waals surface area contributed by atoms with Crippen LogP contribution >= 0.6 is 0 Å². The minimum Gasteiger partial charge on any atom is -0.504 e. The Bertz CT molecular complexity index is 1010. The number of phenols is 2. The van der Waals surface area contributed by atoms with Crippen LogP contribution in [0.3, 0.4) is 0 Å². The average Bonchev–Trinajstić information content (AvgIpc) is 2.57. The number of amides is 1. The van der Waals surface area contributed by atoms with E-state index < -0.39 is 17.6 Å². The molecule has 6 N–H and O–H groups in total. The van der Waals surface area contributed by atoms with Crippen molar-refractivity contribution in [3.05, 3.63) is 53.6 Å². The molecule has 0 fully saturated rings. The van der Waals surface area contributed by atoms with Gasteiger partial charge in [0.1, 0.15) is 5.52 Å². The van der Waals surface area contributed by atoms with Gasteiger partial charge >= 0.3 is 0 Å². The van der Waals surface area contributed by atoms with Gasteiger partial charge in [0.25, 0.3) is 5.91 Å². The molecule has 0 aliphatic rings. The number of pyridine rings is 1. The van der Waals surface area contributed by atoms with E-state index in [1.54, 1.807) is 6.07 Å². The summed E-state index contributed by atoms with van der Waals surface area (Å²) < 4.78 is 0. The summed E-state index contributed by atoms with van der Waals surface area (Å²) in [4.78, 5) is 16.8. The van der Waals surface area contributed by atoms with Crippen LogP contribution in [-0.2, 0) is 0 Å². The van der Waals surface area contributed by atoms with E-state index in [2.05, 4.69) is 10.3 Å². The Labute approximate surface area is 143 Å². The minimum atomic E-state index is -0.597. The molecule has 7 heteroatoms. The van der Waals surface area contributed by atoms with E-state index in [9.17, 15) is 15.0 Å². The van der Waals surface area contributed by atoms with Gasteiger partial charge in [-0.05, 0) is 30.7 Å². The van der Waals surface area contributed by atoms with Gasteiger partial charge in [0.15, 0.2) is 17.5 Å². The average molecular weight is 336 g/mol. The van der Waals surface area contributed by atoms with E-state index in [1.165, 1.54) is 12.1 Å². The molecular formula is C18H16N4O3. The van der Waals surface area contributed by atoms with E-state index in [0.29, 0.717) is 11.1 Å². The fourth-order valence-corrected chi connectivity index (χ4v) is 2.64. The Morgan fingerprint density at radius 3 is 2.60 bits per heavy atom. The molecule has 126 valence electrons. The van der Waals surface area contributed by atoms with Gasteiger partial charge in [-0.15, -0.1) is 0 Å². The number of aromatic hydroxyl groups is 2. The highest BCUT2D eigenvalue weighted by atomic mass is 16.3. The lowest BCUT2D eigenvalue weighted by atomic mass is 10.0. The van der Waals surface area contributed by atoms with Crippen LogP contribution in [-0.4, -0.2) is 27.1 Å². The molecule has 3 aromatic rings. The highest BCUT2D eigenvalue weighted by Gasteiger charge is 2.18. The van der Waals surface area contributed by atoms with Gasteiger partial charge in [-0.2, -0.15) is 0 Å². The Hall–Kier alpha value is -3.61. The lowest BCUT2D eigenvalue weighted by molar-refractivity contribution is 0.0978. The zero-order valence-electron chi connectivity index (χ0n) is 13.4. The van der Waals surface area contributed by atoms with Crippen LogP contribution in [0.15, 0.2) is 42.5 Å². The third-order valence-corrected chi connectivity index (χ3v) is 3.85. The first-order valence-electron chi connectivity index (χ1n) is 7.45. The third-order valence-electron chi connectivity index (χ3n) is 3.85. The first-order chi connectivity index (χ1) is 11.9. The molecule has 0 saturated heterocycles. The Morgan fingerprint density at radius 1 is 1.20 bits per heavy atom. The Morgan fingerprint density at radius 2 is 1.92 bits per heavy atom. The number of benzene rings is 2. The molecule has 1 aromatic heterocycles. The molecule has 0 aliphatic carbocycles. The number of rotatable bonds is 2. The maximum atomic E-state index is 12.4. The SMILES string of the molecule is Cc1ccccc1-c1cc(C(=O)NC(=N)N)c2ccc(O)c(O)c2n1. The highest BCUT2D eigenvalue weighted by Crippen LogP contribution is 2.36. The molecule has 0 bridgehead atoms. The second-order valence-corrected chi connectivity index (χ2v) is 5.57. The fraction of sp³-hybridized carbons (Fsp3) is 0.0556. The van der Waals surface area contributed by atoms with Crippen molar-refractivity contribution in [1.82, 2.24) is 10.3 Å². The maximum Gasteiger partial charge on any atom is 0.258 e. The number of guanidine groups is 1. The van der Waals surface area contributed by atoms with Crippen LogP contribution in [0.25, 0.3) is 22.2 Å². The van der Waals surface area contributed by atoms with Crippen molar-refractivity contribution in [3.8, 4) is 22.8 Å². The predicted octanol–water partition coefficient (Wildman–Crippen LogP) is 2.24. The largest absolute Gasteiger partial charge is 0.504 e. The molecule has 1 amide bonds. The number of aromatic nitrogens is 1. The number of nitrogens with two attached hydrogens (primary N) is 1. The first kappa shape index (κ1) is 16.3. The molecule has 0 unspecified atom stereocenters. The van der Waals surface area contributed by atoms with E-state index in [-0.39, 0.29) is 16.8 Å². The summed E-state index contributed by atoms with van der Waals surface area (Å²) in [6.07, 6.45) is 0. The summed E-state index contributed by atoms with van der Waals surface area (Å²) in [6.45, 7) is 1.90. The Kier molecular flexibility index (Phi) is 3.98. The molecule has 2 aromatic carbocycles. The molecule has 0 radical (unpaired) electrons. The van der Waals surface area contributed by atoms with Crippen molar-refractivity contribution in [2.75, 3.05) is 0 Å². The number of nitrogens with zero attached hydrogens (tertiary/aromatic N) is 1. The van der Waals surface area contributed by atoms with Crippen molar-refractivity contribution in [2.45, 2.75) is 6.92 Å². The molecule has 0 atom stereocenters. The highest BCUT2D eigenvalue weighted by molar-refractivity contribution is 6.13. The molecule has 25 heavy (non-hydrogen) atoms. The quantitative estimate of drug-likeness (QED) is 0.278. The number of fused-ring (bicyclic) bond motifs is 1. The van der Waals surface area contributed by atoms with Crippen molar-refractivity contribution in [1.29, 1.82) is 5.41 Å². The van der Waals surface area contributed by atoms with Crippen molar-refractivity contribution < 1.29 is 15.0 Å². The number of carbonyl (C=O) groups is 1. The minimum absolute atomic E-state index is 0.0921. The molecular weight excluding hydrogens is 320 g/mol. The number of hydrogen-bond donors (Lipinski definition) is 5. The fourth-order valence-electron chi connectivity index (χ4n) is 2.64. The predicted molar refractivity (Wildman–Crippen MR) is 94.6 cm³/mol. The van der Waals surface area contributed by atoms with Crippen LogP contribution in [0.1, 0.15) is 15.9 Å². The van der Waals surface area contributed by atoms with Gasteiger partial charge < -0.3 is 15.9 Å². The molecule has 1 heterocycles. The summed E-state index contributed by atoms with van der Waals surface area (Å²) in [7, 11) is 0. The lowest BCUT2D eigenvalue weighted by Gasteiger charge is -2.12. The number of hydrogen-bond acceptors (Lipinski definition) is 5. The van der Waals surface area contributed by atoms with Crippen LogP contribution in [0.4, 0.5) is 0 Å². The number of nitrogens with one attached hydrogen (secondary N) is 2. The van der Waals surface area contributed by atoms with Crippen molar-refractivity contribution in [2.24, 2.45) is 5.73 Å². The van der Waals surface area contributed by atoms with Crippen LogP contribution in [0, 0.1) is 12.3 Å². The topological polar surface area (TPSA) is 132 Å². The van der Waals surface area contributed by atoms with Gasteiger partial charge in [-0.1, -0.05) is 24.3 Å². The molecule has 7 nitrogen and oxygen atoms in total. The second kappa shape index (κ2) is 6.12. The summed E-state index contributed by atoms with van der Waals surface area (Å²) in [5, 5.41) is 29.8. The van der Waals surface area contributed by atoms with Crippen LogP contribution in [0.2, 0.25) is 0 Å². The summed E-state index contributed by atoms with van der Waals surface area (Å²) in [5.41, 5.74) is 7.71. The zero-order valence-corrected chi connectivity index (χ0v) is 13.4. The van der Waals surface area contributed by atoms with E-state index in [1.807, 2.05) is 31.2 Å². The van der Waals surface area contributed by atoms with E-state index in [4.69, 9.17) is 11.1 Å². The summed E-state index contributed by atoms with van der Waals surface area (Å²) >= 11 is 0. The molecule has 0 aliphatic heterocycles. The van der Waals surface area contributed by atoms with Gasteiger partial charge in [-0.3, -0.25) is 15.5 Å². The van der Waals surface area contributed by atoms with Gasteiger partial charge in [0, 0.05) is 10.9 Å². The van der Waals surface area contributed by atoms with Crippen molar-refractivity contribution in [3.63, 3.8) is 0 Å². The third kappa shape index (κ3) is 2.94. The molecule has 0 spiro atoms. The normalized spacial score (nSPS) is 10.6. The van der Waals surface area contributed by atoms with Crippen molar-refractivity contribution >= 4 is 22.8 Å². The monoisotopic (exact) mass is 336 g/mol. The van der Waals surface area contributed by atoms with Crippen LogP contribution < -0.4 is 11.1 Å². The zero-order chi connectivity index (χ0) is 18.1. The smallest absolute Gasteiger partial charge is 0.258 e. The molecule has 0 saturated carbocycles. The van der Waals surface area contributed by atoms with Crippen LogP contribution in [0.5, 0.6) is 11.5 Å². The molecule has 3 rings (SSSR count). The second-order valence-electron chi connectivity index (χ2n) is 5.57. The van der Waals surface area contributed by atoms with Gasteiger partial charge in [0.2, 0.25) is 0 Å². The van der Waals surface area contributed by atoms with E-state index >= 15 is 0 Å². The van der Waals surface area contributed by atoms with E-state index in [0.717, 1.165) is 11.1 Å². The number of aryl methyl sites for hydroxylation is 1. The summed E-state index contributed by atoms with van der Waals surface area (Å²) in [6, 6.07) is 11.8. The maximum absolute atomic E-state index is 12.4. The number of carbonyl (C=O) groups excluding carboxylic acids is 1. The Balaban J connectivity index is 2.33. The standard InChI is InChI=1S/C18H16N4O3/c1-9-4-2-3-5-10(9)13-8-12(17(25)22-18(19)20)11-6-7-14(23)16(24)15(11)21-13/h2-8,23-24H,1H3,(H4,19,20,22,25). The lowest BCUT2D eigenvalue weighted by Crippen LogP contribution is -2.35.